The number of ether oxygens (including phenoxy) is 3. The summed E-state index contributed by atoms with van der Waals surface area (Å²) in [6.07, 6.45) is -0.0808. The van der Waals surface area contributed by atoms with Crippen LogP contribution < -0.4 is 10.2 Å². The molecule has 1 fully saturated rings. The second-order valence-corrected chi connectivity index (χ2v) is 6.78. The Balaban J connectivity index is 1.95. The Labute approximate surface area is 139 Å². The molecule has 0 spiro atoms. The minimum absolute atomic E-state index is 0.0808. The van der Waals surface area contributed by atoms with Gasteiger partial charge in [0.15, 0.2) is 0 Å². The number of benzene rings is 1. The van der Waals surface area contributed by atoms with E-state index in [0.29, 0.717) is 13.2 Å². The molecule has 5 nitrogen and oxygen atoms in total. The Hall–Kier alpha value is -1.08. The van der Waals surface area contributed by atoms with Gasteiger partial charge < -0.3 is 23.5 Å². The molecule has 0 bridgehead atoms. The predicted molar refractivity (Wildman–Crippen MR) is 90.3 cm³/mol. The second-order valence-electron chi connectivity index (χ2n) is 6.78. The molecule has 0 saturated carbocycles. The Bertz CT molecular complexity index is 484. The predicted octanol–water partition coefficient (Wildman–Crippen LogP) is 2.03. The van der Waals surface area contributed by atoms with E-state index < -0.39 is 0 Å². The van der Waals surface area contributed by atoms with Gasteiger partial charge in [0.25, 0.3) is 0 Å². The molecule has 0 unspecified atom stereocenters. The molecule has 0 aromatic heterocycles. The summed E-state index contributed by atoms with van der Waals surface area (Å²) in [6, 6.07) is 7.77. The van der Waals surface area contributed by atoms with Crippen molar-refractivity contribution in [1.82, 2.24) is 0 Å². The van der Waals surface area contributed by atoms with E-state index in [9.17, 15) is 0 Å². The van der Waals surface area contributed by atoms with E-state index in [1.54, 1.807) is 14.2 Å². The molecule has 23 heavy (non-hydrogen) atoms. The lowest BCUT2D eigenvalue weighted by Crippen LogP contribution is -2.41. The molecular formula is C17H27BO5. The van der Waals surface area contributed by atoms with Crippen molar-refractivity contribution >= 4 is 12.6 Å². The van der Waals surface area contributed by atoms with Gasteiger partial charge in [0.1, 0.15) is 18.5 Å². The highest BCUT2D eigenvalue weighted by molar-refractivity contribution is 6.62. The summed E-state index contributed by atoms with van der Waals surface area (Å²) in [4.78, 5) is 0. The van der Waals surface area contributed by atoms with Crippen LogP contribution in [0.4, 0.5) is 0 Å². The minimum atomic E-state index is -0.353. The van der Waals surface area contributed by atoms with Crippen molar-refractivity contribution in [3.05, 3.63) is 24.3 Å². The molecule has 0 radical (unpaired) electrons. The van der Waals surface area contributed by atoms with Gasteiger partial charge in [-0.25, -0.2) is 0 Å². The van der Waals surface area contributed by atoms with Gasteiger partial charge in [-0.05, 0) is 45.3 Å². The molecule has 1 aliphatic heterocycles. The summed E-state index contributed by atoms with van der Waals surface area (Å²) < 4.78 is 28.1. The largest absolute Gasteiger partial charge is 0.494 e. The first-order valence-corrected chi connectivity index (χ1v) is 7.89. The number of rotatable bonds is 7. The van der Waals surface area contributed by atoms with E-state index in [-0.39, 0.29) is 24.4 Å². The Kier molecular flexibility index (Phi) is 5.73. The van der Waals surface area contributed by atoms with Crippen molar-refractivity contribution in [2.24, 2.45) is 0 Å². The van der Waals surface area contributed by atoms with E-state index in [1.165, 1.54) is 0 Å². The average Bonchev–Trinajstić information content (AvgIpc) is 2.72. The van der Waals surface area contributed by atoms with E-state index in [1.807, 2.05) is 52.0 Å². The van der Waals surface area contributed by atoms with Crippen LogP contribution in [0.15, 0.2) is 24.3 Å². The summed E-state index contributed by atoms with van der Waals surface area (Å²) >= 11 is 0. The molecule has 128 valence electrons. The van der Waals surface area contributed by atoms with Gasteiger partial charge in [0.05, 0.1) is 17.8 Å². The lowest BCUT2D eigenvalue weighted by Gasteiger charge is -2.32. The highest BCUT2D eigenvalue weighted by Crippen LogP contribution is 2.36. The van der Waals surface area contributed by atoms with E-state index in [4.69, 9.17) is 23.5 Å². The van der Waals surface area contributed by atoms with Crippen LogP contribution in [0.2, 0.25) is 0 Å². The number of methoxy groups -OCH3 is 2. The molecular weight excluding hydrogens is 295 g/mol. The van der Waals surface area contributed by atoms with E-state index in [2.05, 4.69) is 0 Å². The smallest absolute Gasteiger partial charge is 0.491 e. The molecule has 1 atom stereocenters. The van der Waals surface area contributed by atoms with Gasteiger partial charge >= 0.3 is 7.12 Å². The Morgan fingerprint density at radius 3 is 2.00 bits per heavy atom. The van der Waals surface area contributed by atoms with Crippen LogP contribution in [0, 0.1) is 0 Å². The monoisotopic (exact) mass is 322 g/mol. The van der Waals surface area contributed by atoms with Crippen LogP contribution in [-0.2, 0) is 18.8 Å². The lowest BCUT2D eigenvalue weighted by atomic mass is 9.79. The van der Waals surface area contributed by atoms with Crippen molar-refractivity contribution < 1.29 is 23.5 Å². The lowest BCUT2D eigenvalue weighted by molar-refractivity contribution is 0.000880. The van der Waals surface area contributed by atoms with Crippen molar-refractivity contribution in [2.45, 2.75) is 45.0 Å². The maximum absolute atomic E-state index is 6.04. The quantitative estimate of drug-likeness (QED) is 0.719. The van der Waals surface area contributed by atoms with E-state index >= 15 is 0 Å². The average molecular weight is 322 g/mol. The van der Waals surface area contributed by atoms with Gasteiger partial charge in [-0.3, -0.25) is 0 Å². The molecule has 1 aliphatic rings. The van der Waals surface area contributed by atoms with Crippen LogP contribution in [0.1, 0.15) is 27.7 Å². The highest BCUT2D eigenvalue weighted by Gasteiger charge is 2.51. The van der Waals surface area contributed by atoms with Crippen molar-refractivity contribution in [2.75, 3.05) is 27.4 Å². The van der Waals surface area contributed by atoms with Gasteiger partial charge in [-0.15, -0.1) is 0 Å². The summed E-state index contributed by atoms with van der Waals surface area (Å²) in [5, 5.41) is 0. The zero-order chi connectivity index (χ0) is 17.1. The van der Waals surface area contributed by atoms with Crippen LogP contribution in [0.25, 0.3) is 0 Å². The van der Waals surface area contributed by atoms with Gasteiger partial charge in [0, 0.05) is 14.2 Å². The van der Waals surface area contributed by atoms with Crippen molar-refractivity contribution in [3.63, 3.8) is 0 Å². The first kappa shape index (κ1) is 18.3. The zero-order valence-corrected chi connectivity index (χ0v) is 14.9. The number of hydrogen-bond donors (Lipinski definition) is 0. The van der Waals surface area contributed by atoms with E-state index in [0.717, 1.165) is 11.2 Å². The molecule has 2 rings (SSSR count). The fourth-order valence-corrected chi connectivity index (χ4v) is 2.26. The minimum Gasteiger partial charge on any atom is -0.491 e. The molecule has 1 aromatic rings. The van der Waals surface area contributed by atoms with Crippen molar-refractivity contribution in [3.8, 4) is 5.75 Å². The topological polar surface area (TPSA) is 46.2 Å². The molecule has 6 heteroatoms. The highest BCUT2D eigenvalue weighted by atomic mass is 16.7. The maximum Gasteiger partial charge on any atom is 0.494 e. The standard InChI is InChI=1S/C17H27BO5/c1-16(2)17(3,4)23-18(22-16)13-7-9-14(10-8-13)21-12-15(20-6)11-19-5/h7-10,15H,11-12H2,1-6H3/t15-/m0/s1. The third kappa shape index (κ3) is 4.26. The SMILES string of the molecule is COC[C@@H](COc1ccc(B2OC(C)(C)C(C)(C)O2)cc1)OC. The first-order valence-electron chi connectivity index (χ1n) is 7.89. The summed E-state index contributed by atoms with van der Waals surface area (Å²) in [7, 11) is 2.94. The normalized spacial score (nSPS) is 20.5. The molecule has 1 saturated heterocycles. The first-order chi connectivity index (χ1) is 10.8. The summed E-state index contributed by atoms with van der Waals surface area (Å²) in [5.41, 5.74) is 0.313. The summed E-state index contributed by atoms with van der Waals surface area (Å²) in [6.45, 7) is 9.13. The third-order valence-electron chi connectivity index (χ3n) is 4.53. The number of hydrogen-bond acceptors (Lipinski definition) is 5. The Morgan fingerprint density at radius 1 is 0.957 bits per heavy atom. The van der Waals surface area contributed by atoms with Crippen LogP contribution in [-0.4, -0.2) is 51.9 Å². The van der Waals surface area contributed by atoms with Gasteiger partial charge in [-0.1, -0.05) is 12.1 Å². The summed E-state index contributed by atoms with van der Waals surface area (Å²) in [5.74, 6) is 0.781. The van der Waals surface area contributed by atoms with Crippen LogP contribution in [0.3, 0.4) is 0 Å². The van der Waals surface area contributed by atoms with Crippen molar-refractivity contribution in [1.29, 1.82) is 0 Å². The van der Waals surface area contributed by atoms with Crippen LogP contribution >= 0.6 is 0 Å². The Morgan fingerprint density at radius 2 is 1.52 bits per heavy atom. The molecule has 0 amide bonds. The fourth-order valence-electron chi connectivity index (χ4n) is 2.26. The van der Waals surface area contributed by atoms with Gasteiger partial charge in [0.2, 0.25) is 0 Å². The maximum atomic E-state index is 6.04. The fraction of sp³-hybridized carbons (Fsp3) is 0.647. The van der Waals surface area contributed by atoms with Crippen LogP contribution in [0.5, 0.6) is 5.75 Å². The third-order valence-corrected chi connectivity index (χ3v) is 4.53. The molecule has 0 N–H and O–H groups in total. The molecule has 1 aromatic carbocycles. The van der Waals surface area contributed by atoms with Gasteiger partial charge in [-0.2, -0.15) is 0 Å². The molecule has 0 aliphatic carbocycles. The molecule has 1 heterocycles. The zero-order valence-electron chi connectivity index (χ0n) is 14.9. The second kappa shape index (κ2) is 7.22.